The number of ether oxygens (including phenoxy) is 1. The summed E-state index contributed by atoms with van der Waals surface area (Å²) in [5.74, 6) is 0. The molecule has 0 saturated heterocycles. The average Bonchev–Trinajstić information content (AvgIpc) is 3.04. The first-order valence-corrected chi connectivity index (χ1v) is 10.7. The molecule has 1 heterocycles. The van der Waals surface area contributed by atoms with Crippen LogP contribution in [0.5, 0.6) is 0 Å². The fourth-order valence-corrected chi connectivity index (χ4v) is 3.91. The third-order valence-corrected chi connectivity index (χ3v) is 5.61. The van der Waals surface area contributed by atoms with Gasteiger partial charge in [-0.2, -0.15) is 0 Å². The van der Waals surface area contributed by atoms with Crippen molar-refractivity contribution in [1.29, 1.82) is 0 Å². The Labute approximate surface area is 187 Å². The van der Waals surface area contributed by atoms with Gasteiger partial charge in [0.15, 0.2) is 0 Å². The van der Waals surface area contributed by atoms with E-state index in [1.165, 1.54) is 4.90 Å². The summed E-state index contributed by atoms with van der Waals surface area (Å²) in [5.41, 5.74) is 4.61. The molecule has 0 unspecified atom stereocenters. The fourth-order valence-electron chi connectivity index (χ4n) is 3.91. The number of carbonyl (C=O) groups is 2. The van der Waals surface area contributed by atoms with Crippen LogP contribution < -0.4 is 4.90 Å². The zero-order valence-corrected chi connectivity index (χ0v) is 17.8. The molecule has 0 radical (unpaired) electrons. The largest absolute Gasteiger partial charge is 0.465 e. The number of rotatable bonds is 5. The minimum absolute atomic E-state index is 0.245. The van der Waals surface area contributed by atoms with Crippen molar-refractivity contribution >= 4 is 17.9 Å². The van der Waals surface area contributed by atoms with Crippen LogP contribution in [-0.2, 0) is 30.9 Å². The first-order valence-electron chi connectivity index (χ1n) is 10.7. The van der Waals surface area contributed by atoms with E-state index in [9.17, 15) is 14.7 Å². The molecule has 0 aromatic heterocycles. The van der Waals surface area contributed by atoms with Crippen LogP contribution in [0.2, 0.25) is 0 Å². The third-order valence-electron chi connectivity index (χ3n) is 5.61. The molecule has 1 aliphatic rings. The Kier molecular flexibility index (Phi) is 6.70. The molecule has 3 aromatic carbocycles. The van der Waals surface area contributed by atoms with Crippen molar-refractivity contribution in [3.63, 3.8) is 0 Å². The van der Waals surface area contributed by atoms with Crippen LogP contribution in [0.25, 0.3) is 0 Å². The Bertz CT molecular complexity index is 1070. The van der Waals surface area contributed by atoms with Gasteiger partial charge in [-0.3, -0.25) is 4.90 Å². The standard InChI is InChI=1S/C26H26N2O4/c29-25(30)28(17-20-8-3-1-4-9-20)24-14-13-23-18-27(15-7-12-22(23)16-24)26(31)32-19-21-10-5-2-6-11-21/h1-6,8-11,13-14,16H,7,12,15,17-19H2,(H,29,30). The second kappa shape index (κ2) is 10.0. The van der Waals surface area contributed by atoms with Crippen LogP contribution >= 0.6 is 0 Å². The highest BCUT2D eigenvalue weighted by molar-refractivity contribution is 5.86. The summed E-state index contributed by atoms with van der Waals surface area (Å²) in [5, 5.41) is 9.77. The van der Waals surface area contributed by atoms with Gasteiger partial charge >= 0.3 is 12.2 Å². The van der Waals surface area contributed by atoms with Gasteiger partial charge in [0, 0.05) is 18.8 Å². The van der Waals surface area contributed by atoms with Crippen molar-refractivity contribution < 1.29 is 19.4 Å². The Morgan fingerprint density at radius 1 is 0.906 bits per heavy atom. The highest BCUT2D eigenvalue weighted by Gasteiger charge is 2.22. The number of hydrogen-bond donors (Lipinski definition) is 1. The van der Waals surface area contributed by atoms with Crippen LogP contribution in [0.4, 0.5) is 15.3 Å². The minimum atomic E-state index is -0.992. The van der Waals surface area contributed by atoms with Crippen LogP contribution in [0, 0.1) is 0 Å². The van der Waals surface area contributed by atoms with E-state index in [0.29, 0.717) is 18.8 Å². The fraction of sp³-hybridized carbons (Fsp3) is 0.231. The summed E-state index contributed by atoms with van der Waals surface area (Å²) in [6.07, 6.45) is 0.253. The van der Waals surface area contributed by atoms with Crippen LogP contribution in [0.1, 0.15) is 28.7 Å². The molecule has 164 valence electrons. The predicted molar refractivity (Wildman–Crippen MR) is 122 cm³/mol. The maximum Gasteiger partial charge on any atom is 0.412 e. The van der Waals surface area contributed by atoms with E-state index in [1.54, 1.807) is 4.90 Å². The van der Waals surface area contributed by atoms with Crippen molar-refractivity contribution in [2.75, 3.05) is 11.4 Å². The van der Waals surface area contributed by atoms with Gasteiger partial charge in [0.2, 0.25) is 0 Å². The summed E-state index contributed by atoms with van der Waals surface area (Å²) < 4.78 is 5.50. The lowest BCUT2D eigenvalue weighted by molar-refractivity contribution is 0.0942. The number of nitrogens with zero attached hydrogens (tertiary/aromatic N) is 2. The van der Waals surface area contributed by atoms with Gasteiger partial charge in [0.1, 0.15) is 6.61 Å². The van der Waals surface area contributed by atoms with E-state index in [4.69, 9.17) is 4.74 Å². The molecule has 6 heteroatoms. The van der Waals surface area contributed by atoms with Gasteiger partial charge in [0.25, 0.3) is 0 Å². The molecule has 0 aliphatic carbocycles. The zero-order valence-electron chi connectivity index (χ0n) is 17.8. The maximum atomic E-state index is 12.6. The third kappa shape index (κ3) is 5.27. The molecule has 0 saturated carbocycles. The lowest BCUT2D eigenvalue weighted by Gasteiger charge is -2.22. The minimum Gasteiger partial charge on any atom is -0.465 e. The van der Waals surface area contributed by atoms with E-state index in [-0.39, 0.29) is 19.2 Å². The maximum absolute atomic E-state index is 12.6. The van der Waals surface area contributed by atoms with Crippen molar-refractivity contribution in [2.45, 2.75) is 32.5 Å². The molecule has 1 N–H and O–H groups in total. The van der Waals surface area contributed by atoms with Crippen LogP contribution in [-0.4, -0.2) is 28.7 Å². The van der Waals surface area contributed by atoms with E-state index in [2.05, 4.69) is 0 Å². The molecule has 0 fully saturated rings. The number of benzene rings is 3. The van der Waals surface area contributed by atoms with Gasteiger partial charge in [-0.05, 0) is 47.2 Å². The van der Waals surface area contributed by atoms with Crippen molar-refractivity contribution in [3.05, 3.63) is 101 Å². The number of amides is 2. The monoisotopic (exact) mass is 430 g/mol. The first-order chi connectivity index (χ1) is 15.6. The second-order valence-corrected chi connectivity index (χ2v) is 7.87. The van der Waals surface area contributed by atoms with Crippen LogP contribution in [0.3, 0.4) is 0 Å². The van der Waals surface area contributed by atoms with Gasteiger partial charge in [0.05, 0.1) is 6.54 Å². The molecular formula is C26H26N2O4. The van der Waals surface area contributed by atoms with E-state index in [1.807, 2.05) is 78.9 Å². The lowest BCUT2D eigenvalue weighted by Crippen LogP contribution is -2.31. The Hall–Kier alpha value is -3.80. The SMILES string of the molecule is O=C(OCc1ccccc1)N1CCCc2cc(N(Cc3ccccc3)C(=O)O)ccc2C1. The number of hydrogen-bond acceptors (Lipinski definition) is 3. The molecule has 1 aliphatic heterocycles. The quantitative estimate of drug-likeness (QED) is 0.584. The van der Waals surface area contributed by atoms with Crippen LogP contribution in [0.15, 0.2) is 78.9 Å². The Balaban J connectivity index is 1.46. The molecule has 6 nitrogen and oxygen atoms in total. The molecule has 0 bridgehead atoms. The first kappa shape index (κ1) is 21.4. The average molecular weight is 431 g/mol. The molecule has 2 amide bonds. The summed E-state index contributed by atoms with van der Waals surface area (Å²) in [6.45, 7) is 1.58. The van der Waals surface area contributed by atoms with Gasteiger partial charge < -0.3 is 14.7 Å². The number of aryl methyl sites for hydroxylation is 1. The molecular weight excluding hydrogens is 404 g/mol. The molecule has 32 heavy (non-hydrogen) atoms. The Morgan fingerprint density at radius 3 is 2.28 bits per heavy atom. The highest BCUT2D eigenvalue weighted by Crippen LogP contribution is 2.26. The number of carbonyl (C=O) groups excluding carboxylic acids is 1. The number of fused-ring (bicyclic) bond motifs is 1. The smallest absolute Gasteiger partial charge is 0.412 e. The van der Waals surface area contributed by atoms with E-state index in [0.717, 1.165) is 35.1 Å². The van der Waals surface area contributed by atoms with Gasteiger partial charge in [-0.25, -0.2) is 9.59 Å². The topological polar surface area (TPSA) is 70.1 Å². The summed E-state index contributed by atoms with van der Waals surface area (Å²) in [7, 11) is 0. The van der Waals surface area contributed by atoms with E-state index >= 15 is 0 Å². The number of carboxylic acid groups (broad SMARTS) is 1. The summed E-state index contributed by atoms with van der Waals surface area (Å²) in [4.78, 5) is 27.6. The summed E-state index contributed by atoms with van der Waals surface area (Å²) in [6, 6.07) is 24.8. The molecule has 4 rings (SSSR count). The van der Waals surface area contributed by atoms with Crippen molar-refractivity contribution in [1.82, 2.24) is 4.90 Å². The highest BCUT2D eigenvalue weighted by atomic mass is 16.6. The number of anilines is 1. The van der Waals surface area contributed by atoms with Gasteiger partial charge in [-0.15, -0.1) is 0 Å². The Morgan fingerprint density at radius 2 is 1.59 bits per heavy atom. The van der Waals surface area contributed by atoms with Gasteiger partial charge in [-0.1, -0.05) is 66.7 Å². The predicted octanol–water partition coefficient (Wildman–Crippen LogP) is 5.46. The molecule has 0 spiro atoms. The van der Waals surface area contributed by atoms with Crippen molar-refractivity contribution in [2.24, 2.45) is 0 Å². The molecule has 0 atom stereocenters. The molecule has 3 aromatic rings. The van der Waals surface area contributed by atoms with Crippen molar-refractivity contribution in [3.8, 4) is 0 Å². The van der Waals surface area contributed by atoms with E-state index < -0.39 is 6.09 Å². The second-order valence-electron chi connectivity index (χ2n) is 7.87. The zero-order chi connectivity index (χ0) is 22.3. The summed E-state index contributed by atoms with van der Waals surface area (Å²) >= 11 is 0. The normalized spacial score (nSPS) is 13.1. The lowest BCUT2D eigenvalue weighted by atomic mass is 10.0.